The minimum absolute atomic E-state index is 0.247. The van der Waals surface area contributed by atoms with Gasteiger partial charge in [0.05, 0.1) is 6.04 Å². The second-order valence-electron chi connectivity index (χ2n) is 2.45. The zero-order valence-corrected chi connectivity index (χ0v) is 6.62. The van der Waals surface area contributed by atoms with Gasteiger partial charge in [-0.2, -0.15) is 4.99 Å². The van der Waals surface area contributed by atoms with E-state index in [0.717, 1.165) is 5.56 Å². The third-order valence-corrected chi connectivity index (χ3v) is 1.60. The van der Waals surface area contributed by atoms with Crippen molar-refractivity contribution in [2.45, 2.75) is 13.0 Å². The molecule has 1 atom stereocenters. The first-order valence-corrected chi connectivity index (χ1v) is 3.56. The first kappa shape index (κ1) is 8.62. The molecule has 0 radical (unpaired) electrons. The molecule has 1 unspecified atom stereocenters. The van der Waals surface area contributed by atoms with E-state index in [-0.39, 0.29) is 11.9 Å². The van der Waals surface area contributed by atoms with Crippen molar-refractivity contribution in [2.75, 3.05) is 0 Å². The van der Waals surface area contributed by atoms with Crippen LogP contribution >= 0.6 is 0 Å². The van der Waals surface area contributed by atoms with Crippen molar-refractivity contribution in [3.8, 4) is 0 Å². The van der Waals surface area contributed by atoms with Gasteiger partial charge in [0.15, 0.2) is 0 Å². The predicted molar refractivity (Wildman–Crippen MR) is 42.9 cm³/mol. The lowest BCUT2D eigenvalue weighted by atomic mass is 10.1. The van der Waals surface area contributed by atoms with Gasteiger partial charge in [0.2, 0.25) is 6.08 Å². The van der Waals surface area contributed by atoms with E-state index >= 15 is 0 Å². The maximum absolute atomic E-state index is 12.4. The van der Waals surface area contributed by atoms with E-state index in [1.807, 2.05) is 0 Å². The maximum atomic E-state index is 12.4. The molecule has 0 aliphatic carbocycles. The summed E-state index contributed by atoms with van der Waals surface area (Å²) in [4.78, 5) is 13.4. The van der Waals surface area contributed by atoms with Gasteiger partial charge in [0, 0.05) is 0 Å². The summed E-state index contributed by atoms with van der Waals surface area (Å²) < 4.78 is 12.4. The van der Waals surface area contributed by atoms with Gasteiger partial charge in [-0.1, -0.05) is 12.1 Å². The van der Waals surface area contributed by atoms with Crippen LogP contribution in [0, 0.1) is 5.82 Å². The second-order valence-corrected chi connectivity index (χ2v) is 2.45. The molecule has 1 rings (SSSR count). The smallest absolute Gasteiger partial charge is 0.211 e. The first-order valence-electron chi connectivity index (χ1n) is 3.56. The topological polar surface area (TPSA) is 29.4 Å². The summed E-state index contributed by atoms with van der Waals surface area (Å²) >= 11 is 0. The number of rotatable bonds is 2. The molecule has 1 aromatic carbocycles. The van der Waals surface area contributed by atoms with Crippen molar-refractivity contribution in [2.24, 2.45) is 4.99 Å². The van der Waals surface area contributed by atoms with Crippen LogP contribution in [0.25, 0.3) is 0 Å². The average Bonchev–Trinajstić information content (AvgIpc) is 2.06. The van der Waals surface area contributed by atoms with Crippen LogP contribution in [0.2, 0.25) is 0 Å². The molecule has 2 nitrogen and oxygen atoms in total. The largest absolute Gasteiger partial charge is 0.235 e. The summed E-state index contributed by atoms with van der Waals surface area (Å²) in [6, 6.07) is 5.63. The Hall–Kier alpha value is -1.47. The Morgan fingerprint density at radius 3 is 2.50 bits per heavy atom. The van der Waals surface area contributed by atoms with Gasteiger partial charge in [-0.25, -0.2) is 9.18 Å². The molecule has 0 aromatic heterocycles. The van der Waals surface area contributed by atoms with Crippen LogP contribution in [-0.4, -0.2) is 6.08 Å². The molecule has 0 N–H and O–H groups in total. The van der Waals surface area contributed by atoms with Crippen LogP contribution in [-0.2, 0) is 4.79 Å². The van der Waals surface area contributed by atoms with E-state index in [9.17, 15) is 9.18 Å². The molecule has 0 bridgehead atoms. The lowest BCUT2D eigenvalue weighted by Gasteiger charge is -2.02. The molecular formula is C9H8FNO. The fraction of sp³-hybridized carbons (Fsp3) is 0.222. The predicted octanol–water partition coefficient (Wildman–Crippen LogP) is 2.22. The Morgan fingerprint density at radius 2 is 2.00 bits per heavy atom. The van der Waals surface area contributed by atoms with Crippen LogP contribution < -0.4 is 0 Å². The Bertz CT molecular complexity index is 301. The molecule has 0 heterocycles. The summed E-state index contributed by atoms with van der Waals surface area (Å²) in [5.74, 6) is -0.291. The van der Waals surface area contributed by atoms with E-state index in [4.69, 9.17) is 0 Å². The van der Waals surface area contributed by atoms with E-state index in [1.165, 1.54) is 18.2 Å². The number of aliphatic imine (C=N–C) groups is 1. The van der Waals surface area contributed by atoms with Crippen molar-refractivity contribution < 1.29 is 9.18 Å². The van der Waals surface area contributed by atoms with E-state index in [0.29, 0.717) is 0 Å². The van der Waals surface area contributed by atoms with E-state index < -0.39 is 0 Å². The molecule has 0 aliphatic heterocycles. The van der Waals surface area contributed by atoms with Crippen molar-refractivity contribution in [1.82, 2.24) is 0 Å². The summed E-state index contributed by atoms with van der Waals surface area (Å²) in [5.41, 5.74) is 0.805. The molecule has 0 saturated carbocycles. The van der Waals surface area contributed by atoms with Gasteiger partial charge in [-0.15, -0.1) is 0 Å². The molecule has 0 aliphatic rings. The molecule has 0 saturated heterocycles. The number of benzene rings is 1. The van der Waals surface area contributed by atoms with Crippen LogP contribution in [0.3, 0.4) is 0 Å². The first-order chi connectivity index (χ1) is 5.74. The Morgan fingerprint density at radius 1 is 1.42 bits per heavy atom. The number of hydrogen-bond acceptors (Lipinski definition) is 2. The molecule has 62 valence electrons. The third-order valence-electron chi connectivity index (χ3n) is 1.60. The molecule has 0 fully saturated rings. The Labute approximate surface area is 69.7 Å². The molecule has 12 heavy (non-hydrogen) atoms. The Kier molecular flexibility index (Phi) is 2.72. The highest BCUT2D eigenvalue weighted by atomic mass is 19.1. The van der Waals surface area contributed by atoms with Crippen LogP contribution in [0.5, 0.6) is 0 Å². The molecular weight excluding hydrogens is 157 g/mol. The monoisotopic (exact) mass is 165 g/mol. The van der Waals surface area contributed by atoms with Crippen LogP contribution in [0.4, 0.5) is 4.39 Å². The minimum atomic E-state index is -0.291. The lowest BCUT2D eigenvalue weighted by Crippen LogP contribution is -1.88. The zero-order valence-electron chi connectivity index (χ0n) is 6.62. The average molecular weight is 165 g/mol. The summed E-state index contributed by atoms with van der Waals surface area (Å²) in [6.07, 6.45) is 1.46. The molecule has 1 aromatic rings. The number of carbonyl (C=O) groups excluding carboxylic acids is 1. The zero-order chi connectivity index (χ0) is 8.97. The van der Waals surface area contributed by atoms with Gasteiger partial charge in [0.25, 0.3) is 0 Å². The molecule has 0 spiro atoms. The minimum Gasteiger partial charge on any atom is -0.211 e. The summed E-state index contributed by atoms with van der Waals surface area (Å²) in [5, 5.41) is 0. The normalized spacial score (nSPS) is 11.8. The number of nitrogens with zero attached hydrogens (tertiary/aromatic N) is 1. The van der Waals surface area contributed by atoms with Gasteiger partial charge < -0.3 is 0 Å². The van der Waals surface area contributed by atoms with Gasteiger partial charge in [-0.05, 0) is 24.6 Å². The van der Waals surface area contributed by atoms with Gasteiger partial charge in [0.1, 0.15) is 5.82 Å². The van der Waals surface area contributed by atoms with Crippen LogP contribution in [0.15, 0.2) is 29.3 Å². The Balaban J connectivity index is 2.89. The van der Waals surface area contributed by atoms with E-state index in [1.54, 1.807) is 19.1 Å². The highest BCUT2D eigenvalue weighted by Gasteiger charge is 2.01. The second kappa shape index (κ2) is 3.79. The summed E-state index contributed by atoms with van der Waals surface area (Å²) in [6.45, 7) is 1.75. The molecule has 0 amide bonds. The van der Waals surface area contributed by atoms with Crippen LogP contribution in [0.1, 0.15) is 18.5 Å². The fourth-order valence-electron chi connectivity index (χ4n) is 0.895. The fourth-order valence-corrected chi connectivity index (χ4v) is 0.895. The highest BCUT2D eigenvalue weighted by Crippen LogP contribution is 2.15. The number of isocyanates is 1. The van der Waals surface area contributed by atoms with Crippen molar-refractivity contribution >= 4 is 6.08 Å². The van der Waals surface area contributed by atoms with Crippen molar-refractivity contribution in [3.63, 3.8) is 0 Å². The SMILES string of the molecule is CC(N=C=O)c1ccc(F)cc1. The van der Waals surface area contributed by atoms with Crippen molar-refractivity contribution in [3.05, 3.63) is 35.6 Å². The van der Waals surface area contributed by atoms with Crippen molar-refractivity contribution in [1.29, 1.82) is 0 Å². The quantitative estimate of drug-likeness (QED) is 0.488. The highest BCUT2D eigenvalue weighted by molar-refractivity contribution is 5.35. The lowest BCUT2D eigenvalue weighted by molar-refractivity contribution is 0.559. The van der Waals surface area contributed by atoms with Gasteiger partial charge >= 0.3 is 0 Å². The van der Waals surface area contributed by atoms with Gasteiger partial charge in [-0.3, -0.25) is 0 Å². The standard InChI is InChI=1S/C9H8FNO/c1-7(11-6-12)8-2-4-9(10)5-3-8/h2-5,7H,1H3. The number of hydrogen-bond donors (Lipinski definition) is 0. The third kappa shape index (κ3) is 2.01. The van der Waals surface area contributed by atoms with E-state index in [2.05, 4.69) is 4.99 Å². The maximum Gasteiger partial charge on any atom is 0.235 e. The molecule has 3 heteroatoms. The number of halogens is 1. The summed E-state index contributed by atoms with van der Waals surface area (Å²) in [7, 11) is 0.